The quantitative estimate of drug-likeness (QED) is 0.482. The Balaban J connectivity index is 1.82. The van der Waals surface area contributed by atoms with Gasteiger partial charge >= 0.3 is 5.97 Å². The molecule has 2 bridgehead atoms. The normalized spacial score (nSPS) is 50.5. The Morgan fingerprint density at radius 2 is 1.61 bits per heavy atom. The predicted octanol–water partition coefficient (Wildman–Crippen LogP) is 4.69. The molecular formula is C21H38O5Si2. The van der Waals surface area contributed by atoms with Crippen LogP contribution in [0.3, 0.4) is 0 Å². The van der Waals surface area contributed by atoms with Gasteiger partial charge in [-0.1, -0.05) is 6.92 Å². The van der Waals surface area contributed by atoms with Crippen molar-refractivity contribution >= 4 is 22.6 Å². The lowest BCUT2D eigenvalue weighted by Crippen LogP contribution is -2.62. The molecule has 1 saturated carbocycles. The Labute approximate surface area is 172 Å². The molecule has 28 heavy (non-hydrogen) atoms. The summed E-state index contributed by atoms with van der Waals surface area (Å²) in [5.74, 6) is -0.779. The van der Waals surface area contributed by atoms with E-state index in [1.807, 2.05) is 6.92 Å². The van der Waals surface area contributed by atoms with Crippen LogP contribution in [0.2, 0.25) is 39.3 Å². The third kappa shape index (κ3) is 2.83. The number of hydrogen-bond donors (Lipinski definition) is 0. The summed E-state index contributed by atoms with van der Waals surface area (Å²) in [5, 5.41) is 0. The van der Waals surface area contributed by atoms with Crippen molar-refractivity contribution in [2.45, 2.75) is 108 Å². The van der Waals surface area contributed by atoms with Gasteiger partial charge in [0.25, 0.3) is 0 Å². The second kappa shape index (κ2) is 5.72. The van der Waals surface area contributed by atoms with Crippen molar-refractivity contribution in [2.75, 3.05) is 0 Å². The van der Waals surface area contributed by atoms with Crippen LogP contribution in [0.25, 0.3) is 0 Å². The van der Waals surface area contributed by atoms with Crippen molar-refractivity contribution in [3.63, 3.8) is 0 Å². The van der Waals surface area contributed by atoms with Gasteiger partial charge in [-0.25, -0.2) is 0 Å². The highest BCUT2D eigenvalue weighted by Gasteiger charge is 2.80. The van der Waals surface area contributed by atoms with Gasteiger partial charge in [0, 0.05) is 18.3 Å². The molecule has 4 aliphatic rings. The van der Waals surface area contributed by atoms with Crippen molar-refractivity contribution in [3.8, 4) is 0 Å². The molecule has 160 valence electrons. The summed E-state index contributed by atoms with van der Waals surface area (Å²) in [6.07, 6.45) is 3.43. The summed E-state index contributed by atoms with van der Waals surface area (Å²) in [6.45, 7) is 20.0. The Morgan fingerprint density at radius 1 is 1.00 bits per heavy atom. The van der Waals surface area contributed by atoms with Gasteiger partial charge in [-0.05, 0) is 72.4 Å². The highest BCUT2D eigenvalue weighted by atomic mass is 28.4. The molecule has 0 aromatic heterocycles. The lowest BCUT2D eigenvalue weighted by Gasteiger charge is -2.52. The van der Waals surface area contributed by atoms with Crippen LogP contribution < -0.4 is 0 Å². The van der Waals surface area contributed by atoms with Gasteiger partial charge in [-0.3, -0.25) is 4.79 Å². The Kier molecular flexibility index (Phi) is 4.30. The van der Waals surface area contributed by atoms with Gasteiger partial charge in [0.2, 0.25) is 5.79 Å². The molecule has 0 aromatic carbocycles. The number of ether oxygens (including phenoxy) is 2. The van der Waals surface area contributed by atoms with Gasteiger partial charge in [-0.2, -0.15) is 0 Å². The van der Waals surface area contributed by atoms with Crippen LogP contribution in [0.1, 0.15) is 46.5 Å². The highest BCUT2D eigenvalue weighted by Crippen LogP contribution is 2.70. The van der Waals surface area contributed by atoms with Crippen LogP contribution in [-0.4, -0.2) is 45.2 Å². The fraction of sp³-hybridized carbons (Fsp3) is 0.952. The lowest BCUT2D eigenvalue weighted by molar-refractivity contribution is -0.291. The zero-order valence-corrected chi connectivity index (χ0v) is 21.1. The average Bonchev–Trinajstić information content (AvgIpc) is 2.94. The number of carbonyl (C=O) groups excluding carboxylic acids is 1. The van der Waals surface area contributed by atoms with E-state index in [-0.39, 0.29) is 29.3 Å². The molecule has 1 aliphatic carbocycles. The third-order valence-corrected chi connectivity index (χ3v) is 9.64. The van der Waals surface area contributed by atoms with Gasteiger partial charge in [0.15, 0.2) is 16.6 Å². The fourth-order valence-electron chi connectivity index (χ4n) is 6.95. The maximum atomic E-state index is 12.6. The summed E-state index contributed by atoms with van der Waals surface area (Å²) in [6, 6.07) is 0. The number of carbonyl (C=O) groups is 1. The molecule has 0 aromatic rings. The molecule has 4 fully saturated rings. The van der Waals surface area contributed by atoms with Crippen molar-refractivity contribution in [1.82, 2.24) is 0 Å². The predicted molar refractivity (Wildman–Crippen MR) is 113 cm³/mol. The van der Waals surface area contributed by atoms with Crippen molar-refractivity contribution in [2.24, 2.45) is 17.8 Å². The first-order valence-electron chi connectivity index (χ1n) is 10.9. The van der Waals surface area contributed by atoms with Crippen LogP contribution in [0.5, 0.6) is 0 Å². The minimum atomic E-state index is -1.85. The summed E-state index contributed by atoms with van der Waals surface area (Å²) in [4.78, 5) is 12.6. The first-order chi connectivity index (χ1) is 12.6. The van der Waals surface area contributed by atoms with Crippen molar-refractivity contribution in [3.05, 3.63) is 0 Å². The maximum Gasteiger partial charge on any atom is 0.311 e. The van der Waals surface area contributed by atoms with E-state index < -0.39 is 33.6 Å². The molecule has 0 N–H and O–H groups in total. The van der Waals surface area contributed by atoms with E-state index in [1.54, 1.807) is 0 Å². The summed E-state index contributed by atoms with van der Waals surface area (Å²) in [5.41, 5.74) is -1.14. The van der Waals surface area contributed by atoms with Gasteiger partial charge in [0.05, 0.1) is 17.1 Å². The van der Waals surface area contributed by atoms with Gasteiger partial charge in [0.1, 0.15) is 5.60 Å². The topological polar surface area (TPSA) is 54.0 Å². The lowest BCUT2D eigenvalue weighted by atomic mass is 9.70. The van der Waals surface area contributed by atoms with E-state index in [0.29, 0.717) is 6.42 Å². The van der Waals surface area contributed by atoms with Crippen LogP contribution in [0.15, 0.2) is 0 Å². The monoisotopic (exact) mass is 426 g/mol. The standard InChI is InChI=1S/C21H38O5Si2/c1-14-15-12-16-18(2,25-27(4,5)6)10-11-20(16)19(3,26-28(7,8)9)13-21(15,24-20)23-17(14)22/h14-16H,10-13H2,1-9H3/t14-,15-,16-,18+,19+,20+,21+/m0/s1. The van der Waals surface area contributed by atoms with Crippen LogP contribution >= 0.6 is 0 Å². The first kappa shape index (κ1) is 21.0. The molecule has 4 rings (SSSR count). The molecule has 0 unspecified atom stereocenters. The SMILES string of the molecule is C[C@@H]1C(=O)O[C@@]23C[C@@](C)(O[Si](C)(C)C)[C@]4(CC[C@@](C)(O[Si](C)(C)C)[C@@H]4C[C@@H]12)O3. The van der Waals surface area contributed by atoms with E-state index in [1.165, 1.54) is 0 Å². The van der Waals surface area contributed by atoms with Gasteiger partial charge in [-0.15, -0.1) is 0 Å². The van der Waals surface area contributed by atoms with Crippen molar-refractivity contribution in [1.29, 1.82) is 0 Å². The molecule has 7 atom stereocenters. The second-order valence-corrected chi connectivity index (χ2v) is 20.9. The Bertz CT molecular complexity index is 700. The largest absolute Gasteiger partial charge is 0.432 e. The Hall–Kier alpha value is -0.216. The number of hydrogen-bond acceptors (Lipinski definition) is 5. The van der Waals surface area contributed by atoms with E-state index in [4.69, 9.17) is 18.3 Å². The van der Waals surface area contributed by atoms with E-state index in [9.17, 15) is 4.79 Å². The van der Waals surface area contributed by atoms with Gasteiger partial charge < -0.3 is 18.3 Å². The number of esters is 1. The molecule has 7 heteroatoms. The smallest absolute Gasteiger partial charge is 0.311 e. The Morgan fingerprint density at radius 3 is 2.18 bits per heavy atom. The van der Waals surface area contributed by atoms with Crippen molar-refractivity contribution < 1.29 is 23.1 Å². The summed E-state index contributed by atoms with van der Waals surface area (Å²) in [7, 11) is -3.59. The molecule has 3 saturated heterocycles. The minimum Gasteiger partial charge on any atom is -0.432 e. The van der Waals surface area contributed by atoms with E-state index >= 15 is 0 Å². The third-order valence-electron chi connectivity index (χ3n) is 7.50. The molecule has 3 heterocycles. The second-order valence-electron chi connectivity index (χ2n) is 12.1. The average molecular weight is 427 g/mol. The molecule has 5 nitrogen and oxygen atoms in total. The highest BCUT2D eigenvalue weighted by molar-refractivity contribution is 6.70. The minimum absolute atomic E-state index is 0.0767. The van der Waals surface area contributed by atoms with E-state index in [0.717, 1.165) is 19.3 Å². The molecule has 0 amide bonds. The molecule has 3 aliphatic heterocycles. The molecule has 2 spiro atoms. The number of rotatable bonds is 4. The molecular weight excluding hydrogens is 388 g/mol. The fourth-order valence-corrected chi connectivity index (χ4v) is 10.2. The summed E-state index contributed by atoms with van der Waals surface area (Å²) < 4.78 is 26.6. The maximum absolute atomic E-state index is 12.6. The molecule has 0 radical (unpaired) electrons. The van der Waals surface area contributed by atoms with E-state index in [2.05, 4.69) is 53.1 Å². The summed E-state index contributed by atoms with van der Waals surface area (Å²) >= 11 is 0. The van der Waals surface area contributed by atoms with Crippen LogP contribution in [-0.2, 0) is 23.1 Å². The first-order valence-corrected chi connectivity index (χ1v) is 17.7. The van der Waals surface area contributed by atoms with Crippen LogP contribution in [0.4, 0.5) is 0 Å². The zero-order chi connectivity index (χ0) is 21.0. The zero-order valence-electron chi connectivity index (χ0n) is 19.1. The van der Waals surface area contributed by atoms with Crippen LogP contribution in [0, 0.1) is 17.8 Å².